The van der Waals surface area contributed by atoms with Crippen LogP contribution < -0.4 is 0 Å². The van der Waals surface area contributed by atoms with Gasteiger partial charge in [0, 0.05) is 18.8 Å². The molecule has 0 radical (unpaired) electrons. The quantitative estimate of drug-likeness (QED) is 0.354. The predicted octanol–water partition coefficient (Wildman–Crippen LogP) is 1.78. The van der Waals surface area contributed by atoms with Crippen molar-refractivity contribution in [2.45, 2.75) is 45.8 Å². The maximum atomic E-state index is 11.1. The van der Waals surface area contributed by atoms with Crippen molar-refractivity contribution in [1.82, 2.24) is 0 Å². The first-order valence-electron chi connectivity index (χ1n) is 6.76. The Hall–Kier alpha value is -1.40. The van der Waals surface area contributed by atoms with Crippen LogP contribution in [0.25, 0.3) is 0 Å². The predicted molar refractivity (Wildman–Crippen MR) is 73.5 cm³/mol. The molecule has 6 nitrogen and oxygen atoms in total. The smallest absolute Gasteiger partial charge is 0.331 e. The second-order valence-corrected chi connectivity index (χ2v) is 4.48. The first kappa shape index (κ1) is 18.6. The lowest BCUT2D eigenvalue weighted by Crippen LogP contribution is -2.24. The van der Waals surface area contributed by atoms with Crippen LogP contribution in [0.4, 0.5) is 0 Å². The highest BCUT2D eigenvalue weighted by molar-refractivity contribution is 5.90. The minimum Gasteiger partial charge on any atom is -0.478 e. The van der Waals surface area contributed by atoms with Gasteiger partial charge in [0.2, 0.25) is 0 Å². The minimum absolute atomic E-state index is 0.00777. The van der Waals surface area contributed by atoms with Gasteiger partial charge in [-0.2, -0.15) is 0 Å². The van der Waals surface area contributed by atoms with Crippen LogP contribution in [0, 0.1) is 0 Å². The van der Waals surface area contributed by atoms with E-state index in [0.717, 1.165) is 25.0 Å². The molecule has 0 amide bonds. The molecule has 116 valence electrons. The van der Waals surface area contributed by atoms with Crippen molar-refractivity contribution in [3.63, 3.8) is 0 Å². The Morgan fingerprint density at radius 2 is 1.75 bits per heavy atom. The number of hydrogen-bond donors (Lipinski definition) is 1. The molecule has 6 heteroatoms. The van der Waals surface area contributed by atoms with Crippen LogP contribution in [0.1, 0.15) is 33.6 Å². The number of carboxylic acid groups (broad SMARTS) is 1. The third kappa shape index (κ3) is 11.7. The molecule has 0 rings (SSSR count). The molecule has 0 aliphatic heterocycles. The lowest BCUT2D eigenvalue weighted by molar-refractivity contribution is -0.143. The summed E-state index contributed by atoms with van der Waals surface area (Å²) in [6.07, 6.45) is 3.43. The summed E-state index contributed by atoms with van der Waals surface area (Å²) >= 11 is 0. The van der Waals surface area contributed by atoms with Crippen LogP contribution in [-0.2, 0) is 23.8 Å². The molecule has 0 fully saturated rings. The highest BCUT2D eigenvalue weighted by atomic mass is 16.6. The van der Waals surface area contributed by atoms with Crippen molar-refractivity contribution >= 4 is 11.9 Å². The topological polar surface area (TPSA) is 82.1 Å². The van der Waals surface area contributed by atoms with Crippen molar-refractivity contribution in [3.05, 3.63) is 12.2 Å². The second-order valence-electron chi connectivity index (χ2n) is 4.48. The number of esters is 1. The first-order chi connectivity index (χ1) is 9.45. The van der Waals surface area contributed by atoms with E-state index in [9.17, 15) is 9.59 Å². The van der Waals surface area contributed by atoms with Crippen LogP contribution in [0.3, 0.4) is 0 Å². The van der Waals surface area contributed by atoms with Gasteiger partial charge in [-0.1, -0.05) is 13.3 Å². The molecule has 0 saturated carbocycles. The molecule has 20 heavy (non-hydrogen) atoms. The molecule has 0 heterocycles. The largest absolute Gasteiger partial charge is 0.478 e. The van der Waals surface area contributed by atoms with Gasteiger partial charge in [-0.25, -0.2) is 9.59 Å². The highest BCUT2D eigenvalue weighted by Gasteiger charge is 2.09. The molecule has 0 aromatic carbocycles. The number of rotatable bonds is 11. The van der Waals surface area contributed by atoms with E-state index in [4.69, 9.17) is 19.3 Å². The number of hydrogen-bond acceptors (Lipinski definition) is 5. The number of carboxylic acids is 1. The molecular formula is C14H24O6. The van der Waals surface area contributed by atoms with Crippen LogP contribution in [-0.4, -0.2) is 49.1 Å². The first-order valence-corrected chi connectivity index (χ1v) is 6.76. The molecule has 0 aliphatic rings. The Balaban J connectivity index is 3.70. The van der Waals surface area contributed by atoms with E-state index in [1.54, 1.807) is 6.92 Å². The van der Waals surface area contributed by atoms with Crippen LogP contribution in [0.5, 0.6) is 0 Å². The Bertz CT molecular complexity index is 313. The van der Waals surface area contributed by atoms with E-state index in [0.29, 0.717) is 13.2 Å². The van der Waals surface area contributed by atoms with Gasteiger partial charge in [0.15, 0.2) is 0 Å². The summed E-state index contributed by atoms with van der Waals surface area (Å²) in [6.45, 7) is 7.00. The Labute approximate surface area is 119 Å². The van der Waals surface area contributed by atoms with E-state index in [-0.39, 0.29) is 18.8 Å². The number of aliphatic carboxylic acids is 1. The molecule has 0 spiro atoms. The fourth-order valence-corrected chi connectivity index (χ4v) is 1.21. The Morgan fingerprint density at radius 3 is 2.35 bits per heavy atom. The molecule has 2 atom stereocenters. The fourth-order valence-electron chi connectivity index (χ4n) is 1.21. The van der Waals surface area contributed by atoms with Crippen molar-refractivity contribution in [3.8, 4) is 0 Å². The van der Waals surface area contributed by atoms with E-state index >= 15 is 0 Å². The molecule has 0 saturated heterocycles. The summed E-state index contributed by atoms with van der Waals surface area (Å²) in [5.41, 5.74) is 0. The lowest BCUT2D eigenvalue weighted by Gasteiger charge is -2.17. The van der Waals surface area contributed by atoms with E-state index in [1.165, 1.54) is 0 Å². The summed E-state index contributed by atoms with van der Waals surface area (Å²) in [5, 5.41) is 8.34. The monoisotopic (exact) mass is 288 g/mol. The molecule has 0 aromatic heterocycles. The van der Waals surface area contributed by atoms with Crippen molar-refractivity contribution < 1.29 is 28.9 Å². The van der Waals surface area contributed by atoms with Crippen LogP contribution in [0.15, 0.2) is 12.2 Å². The normalized spacial score (nSPS) is 14.2. The van der Waals surface area contributed by atoms with Crippen molar-refractivity contribution in [1.29, 1.82) is 0 Å². The molecule has 0 aliphatic carbocycles. The Morgan fingerprint density at radius 1 is 1.10 bits per heavy atom. The molecule has 0 bridgehead atoms. The zero-order valence-corrected chi connectivity index (χ0v) is 12.3. The van der Waals surface area contributed by atoms with Crippen LogP contribution in [0.2, 0.25) is 0 Å². The third-order valence-corrected chi connectivity index (χ3v) is 2.34. The van der Waals surface area contributed by atoms with Gasteiger partial charge in [-0.3, -0.25) is 0 Å². The average Bonchev–Trinajstić information content (AvgIpc) is 2.40. The summed E-state index contributed by atoms with van der Waals surface area (Å²) in [7, 11) is 0. The second kappa shape index (κ2) is 11.4. The molecule has 0 aromatic rings. The van der Waals surface area contributed by atoms with E-state index < -0.39 is 11.9 Å². The Kier molecular flexibility index (Phi) is 10.6. The zero-order chi connectivity index (χ0) is 15.4. The van der Waals surface area contributed by atoms with Crippen molar-refractivity contribution in [2.24, 2.45) is 0 Å². The highest BCUT2D eigenvalue weighted by Crippen LogP contribution is 2.00. The number of carbonyl (C=O) groups is 2. The van der Waals surface area contributed by atoms with Gasteiger partial charge in [0.25, 0.3) is 0 Å². The number of carbonyl (C=O) groups excluding carboxylic acids is 1. The molecular weight excluding hydrogens is 264 g/mol. The maximum absolute atomic E-state index is 11.1. The van der Waals surface area contributed by atoms with Gasteiger partial charge in [0.05, 0.1) is 18.8 Å². The summed E-state index contributed by atoms with van der Waals surface area (Å²) in [5.74, 6) is -1.89. The molecule has 1 N–H and O–H groups in total. The van der Waals surface area contributed by atoms with Crippen LogP contribution >= 0.6 is 0 Å². The fraction of sp³-hybridized carbons (Fsp3) is 0.714. The summed E-state index contributed by atoms with van der Waals surface area (Å²) in [6, 6.07) is 0. The van der Waals surface area contributed by atoms with E-state index in [2.05, 4.69) is 6.92 Å². The standard InChI is InChI=1S/C14H24O6/c1-4-5-8-18-11(2)9-19-12(3)10-20-14(17)7-6-13(15)16/h6-7,11-12H,4-5,8-10H2,1-3H3,(H,15,16)/b7-6-. The SMILES string of the molecule is CCCCOC(C)COC(C)COC(=O)/C=C\C(=O)O. The molecule has 2 unspecified atom stereocenters. The number of unbranched alkanes of at least 4 members (excludes halogenated alkanes) is 1. The minimum atomic E-state index is -1.19. The van der Waals surface area contributed by atoms with Gasteiger partial charge < -0.3 is 19.3 Å². The number of ether oxygens (including phenoxy) is 3. The summed E-state index contributed by atoms with van der Waals surface area (Å²) < 4.78 is 15.8. The lowest BCUT2D eigenvalue weighted by atomic mass is 10.3. The van der Waals surface area contributed by atoms with Gasteiger partial charge in [0.1, 0.15) is 6.61 Å². The summed E-state index contributed by atoms with van der Waals surface area (Å²) in [4.78, 5) is 21.3. The van der Waals surface area contributed by atoms with Gasteiger partial charge >= 0.3 is 11.9 Å². The van der Waals surface area contributed by atoms with E-state index in [1.807, 2.05) is 6.92 Å². The zero-order valence-electron chi connectivity index (χ0n) is 12.3. The third-order valence-electron chi connectivity index (χ3n) is 2.34. The average molecular weight is 288 g/mol. The maximum Gasteiger partial charge on any atom is 0.331 e. The van der Waals surface area contributed by atoms with Gasteiger partial charge in [-0.15, -0.1) is 0 Å². The van der Waals surface area contributed by atoms with Gasteiger partial charge in [-0.05, 0) is 20.3 Å². The van der Waals surface area contributed by atoms with Crippen molar-refractivity contribution in [2.75, 3.05) is 19.8 Å².